The van der Waals surface area contributed by atoms with Gasteiger partial charge >= 0.3 is 5.97 Å². The van der Waals surface area contributed by atoms with E-state index >= 15 is 0 Å². The number of terminal acetylenes is 1. The molecule has 0 bridgehead atoms. The lowest BCUT2D eigenvalue weighted by molar-refractivity contribution is -0.146. The molecule has 0 spiro atoms. The van der Waals surface area contributed by atoms with Crippen LogP contribution in [0.5, 0.6) is 0 Å². The average molecular weight is 549 g/mol. The predicted molar refractivity (Wildman–Crippen MR) is 150 cm³/mol. The van der Waals surface area contributed by atoms with Crippen molar-refractivity contribution in [1.29, 1.82) is 0 Å². The highest BCUT2D eigenvalue weighted by molar-refractivity contribution is 5.96. The summed E-state index contributed by atoms with van der Waals surface area (Å²) in [5.41, 5.74) is 1.40. The van der Waals surface area contributed by atoms with Crippen LogP contribution in [0, 0.1) is 40.9 Å². The number of nitrogens with zero attached hydrogens (tertiary/aromatic N) is 1. The maximum absolute atomic E-state index is 12.4. The molecule has 0 radical (unpaired) electrons. The summed E-state index contributed by atoms with van der Waals surface area (Å²) in [5, 5.41) is 37.7. The molecule has 214 valence electrons. The number of rotatable bonds is 7. The third-order valence-electron chi connectivity index (χ3n) is 10.8. The Hall–Kier alpha value is -3.15. The second-order valence-electron chi connectivity index (χ2n) is 12.6. The van der Waals surface area contributed by atoms with E-state index in [1.807, 2.05) is 0 Å². The van der Waals surface area contributed by atoms with Gasteiger partial charge in [-0.2, -0.15) is 0 Å². The van der Waals surface area contributed by atoms with E-state index in [1.165, 1.54) is 5.57 Å². The fourth-order valence-corrected chi connectivity index (χ4v) is 8.40. The van der Waals surface area contributed by atoms with Gasteiger partial charge in [0.1, 0.15) is 11.7 Å². The Balaban J connectivity index is 1.21. The first-order valence-corrected chi connectivity index (χ1v) is 14.4. The van der Waals surface area contributed by atoms with E-state index < -0.39 is 36.2 Å². The molecule has 8 heteroatoms. The molecule has 0 aromatic heterocycles. The van der Waals surface area contributed by atoms with Gasteiger partial charge in [-0.1, -0.05) is 60.8 Å². The van der Waals surface area contributed by atoms with Crippen LogP contribution in [0.1, 0.15) is 76.9 Å². The molecule has 4 N–H and O–H groups in total. The van der Waals surface area contributed by atoms with Gasteiger partial charge in [-0.25, -0.2) is 4.79 Å². The van der Waals surface area contributed by atoms with Crippen molar-refractivity contribution in [2.45, 2.75) is 83.0 Å². The van der Waals surface area contributed by atoms with Crippen LogP contribution in [0.15, 0.2) is 47.1 Å². The SMILES string of the molecule is C#C[C@]1(O)CC[C@H]2[C@@H]3CCC4=C/C(=N/OCC(=O)N[C@@H](C(=O)O)[C@H](O)c5ccccc5)CC[C@]4(C)[C@H]3CC[C@@]21C. The van der Waals surface area contributed by atoms with Crippen molar-refractivity contribution in [2.75, 3.05) is 6.61 Å². The Kier molecular flexibility index (Phi) is 7.58. The molecule has 8 atom stereocenters. The highest BCUT2D eigenvalue weighted by Gasteiger charge is 2.63. The summed E-state index contributed by atoms with van der Waals surface area (Å²) in [4.78, 5) is 29.5. The van der Waals surface area contributed by atoms with Gasteiger partial charge in [0, 0.05) is 5.41 Å². The first-order valence-electron chi connectivity index (χ1n) is 14.4. The van der Waals surface area contributed by atoms with Gasteiger partial charge in [0.05, 0.1) is 5.71 Å². The van der Waals surface area contributed by atoms with Gasteiger partial charge < -0.3 is 25.5 Å². The van der Waals surface area contributed by atoms with Gasteiger partial charge in [0.15, 0.2) is 12.6 Å². The minimum absolute atomic E-state index is 0.0692. The Bertz CT molecular complexity index is 1250. The number of amides is 1. The maximum Gasteiger partial charge on any atom is 0.329 e. The molecule has 0 aliphatic heterocycles. The summed E-state index contributed by atoms with van der Waals surface area (Å²) in [7, 11) is 0. The molecule has 4 aliphatic carbocycles. The summed E-state index contributed by atoms with van der Waals surface area (Å²) in [6, 6.07) is 6.83. The first kappa shape index (κ1) is 28.4. The quantitative estimate of drug-likeness (QED) is 0.301. The number of aliphatic carboxylic acids is 1. The molecule has 4 aliphatic rings. The number of nitrogens with one attached hydrogen (secondary N) is 1. The molecule has 1 aromatic rings. The number of oxime groups is 1. The fourth-order valence-electron chi connectivity index (χ4n) is 8.40. The van der Waals surface area contributed by atoms with Gasteiger partial charge in [-0.3, -0.25) is 4.79 Å². The Morgan fingerprint density at radius 3 is 2.55 bits per heavy atom. The zero-order chi connectivity index (χ0) is 28.7. The zero-order valence-electron chi connectivity index (χ0n) is 23.3. The van der Waals surface area contributed by atoms with Crippen LogP contribution in [0.4, 0.5) is 0 Å². The van der Waals surface area contributed by atoms with E-state index in [9.17, 15) is 24.9 Å². The lowest BCUT2D eigenvalue weighted by Gasteiger charge is -2.58. The number of carboxylic acid groups (broad SMARTS) is 1. The number of aliphatic hydroxyl groups excluding tert-OH is 1. The zero-order valence-corrected chi connectivity index (χ0v) is 23.3. The highest BCUT2D eigenvalue weighted by Crippen LogP contribution is 2.67. The standard InChI is InChI=1S/C32H40N2O6/c1-4-32(39)17-14-25-23-11-10-21-18-22(12-15-30(21,2)24(23)13-16-31(25,32)3)34-40-19-26(35)33-27(29(37)38)28(36)20-8-6-5-7-9-20/h1,5-9,18,23-25,27-28,36,39H,10-17,19H2,2-3H3,(H,33,35)(H,37,38)/b34-22+/t23-,24+,25+,27-,28-,30+,31+,32+/m1/s1. The van der Waals surface area contributed by atoms with Crippen LogP contribution in [-0.2, 0) is 14.4 Å². The van der Waals surface area contributed by atoms with Crippen LogP contribution in [0.2, 0.25) is 0 Å². The monoisotopic (exact) mass is 548 g/mol. The van der Waals surface area contributed by atoms with E-state index in [-0.39, 0.29) is 10.8 Å². The van der Waals surface area contributed by atoms with E-state index in [1.54, 1.807) is 30.3 Å². The summed E-state index contributed by atoms with van der Waals surface area (Å²) >= 11 is 0. The maximum atomic E-state index is 12.4. The molecule has 8 nitrogen and oxygen atoms in total. The molecule has 0 unspecified atom stereocenters. The van der Waals surface area contributed by atoms with E-state index in [2.05, 4.69) is 36.3 Å². The molecule has 3 saturated carbocycles. The summed E-state index contributed by atoms with van der Waals surface area (Å²) in [6.07, 6.45) is 13.9. The summed E-state index contributed by atoms with van der Waals surface area (Å²) in [5.74, 6) is 2.27. The number of allylic oxidation sites excluding steroid dienone is 2. The van der Waals surface area contributed by atoms with Crippen molar-refractivity contribution in [3.05, 3.63) is 47.5 Å². The van der Waals surface area contributed by atoms with Crippen molar-refractivity contribution >= 4 is 17.6 Å². The molecular weight excluding hydrogens is 508 g/mol. The summed E-state index contributed by atoms with van der Waals surface area (Å²) in [6.45, 7) is 4.13. The number of carboxylic acids is 1. The lowest BCUT2D eigenvalue weighted by atomic mass is 9.46. The molecule has 5 rings (SSSR count). The highest BCUT2D eigenvalue weighted by atomic mass is 16.6. The van der Waals surface area contributed by atoms with E-state index in [0.29, 0.717) is 29.7 Å². The van der Waals surface area contributed by atoms with Crippen molar-refractivity contribution in [1.82, 2.24) is 5.32 Å². The number of fused-ring (bicyclic) bond motifs is 5. The largest absolute Gasteiger partial charge is 0.480 e. The number of aliphatic hydroxyl groups is 2. The molecular formula is C32H40N2O6. The van der Waals surface area contributed by atoms with Gasteiger partial charge in [0.2, 0.25) is 0 Å². The third kappa shape index (κ3) is 4.73. The topological polar surface area (TPSA) is 128 Å². The van der Waals surface area contributed by atoms with Crippen LogP contribution in [0.3, 0.4) is 0 Å². The first-order chi connectivity index (χ1) is 19.0. The normalized spacial score (nSPS) is 37.1. The Morgan fingerprint density at radius 2 is 1.85 bits per heavy atom. The van der Waals surface area contributed by atoms with E-state index in [4.69, 9.17) is 11.3 Å². The van der Waals surface area contributed by atoms with Crippen molar-refractivity contribution in [3.8, 4) is 12.3 Å². The van der Waals surface area contributed by atoms with Crippen molar-refractivity contribution in [3.63, 3.8) is 0 Å². The second-order valence-corrected chi connectivity index (χ2v) is 12.6. The van der Waals surface area contributed by atoms with Gasteiger partial charge in [0.25, 0.3) is 5.91 Å². The lowest BCUT2D eigenvalue weighted by Crippen LogP contribution is -2.54. The van der Waals surface area contributed by atoms with Crippen LogP contribution >= 0.6 is 0 Å². The average Bonchev–Trinajstić information content (AvgIpc) is 3.22. The van der Waals surface area contributed by atoms with Crippen LogP contribution in [0.25, 0.3) is 0 Å². The number of hydrogen-bond acceptors (Lipinski definition) is 6. The minimum atomic E-state index is -1.51. The smallest absolute Gasteiger partial charge is 0.329 e. The number of hydrogen-bond donors (Lipinski definition) is 4. The van der Waals surface area contributed by atoms with Crippen LogP contribution < -0.4 is 5.32 Å². The fraction of sp³-hybridized carbons (Fsp3) is 0.594. The number of benzene rings is 1. The van der Waals surface area contributed by atoms with Crippen LogP contribution in [-0.4, -0.2) is 51.2 Å². The van der Waals surface area contributed by atoms with E-state index in [0.717, 1.165) is 50.7 Å². The van der Waals surface area contributed by atoms with Crippen molar-refractivity contribution < 1.29 is 29.7 Å². The second kappa shape index (κ2) is 10.7. The third-order valence-corrected chi connectivity index (χ3v) is 10.8. The van der Waals surface area contributed by atoms with Crippen molar-refractivity contribution in [2.24, 2.45) is 33.7 Å². The molecule has 0 saturated heterocycles. The minimum Gasteiger partial charge on any atom is -0.480 e. The summed E-state index contributed by atoms with van der Waals surface area (Å²) < 4.78 is 0. The Morgan fingerprint density at radius 1 is 1.12 bits per heavy atom. The van der Waals surface area contributed by atoms with Gasteiger partial charge in [-0.05, 0) is 86.2 Å². The number of carbonyl (C=O) groups is 2. The Labute approximate surface area is 235 Å². The molecule has 1 aromatic carbocycles. The molecule has 0 heterocycles. The molecule has 40 heavy (non-hydrogen) atoms. The molecule has 3 fully saturated rings. The molecule has 1 amide bonds. The predicted octanol–water partition coefficient (Wildman–Crippen LogP) is 3.99. The van der Waals surface area contributed by atoms with Gasteiger partial charge in [-0.15, -0.1) is 6.42 Å². The number of carbonyl (C=O) groups excluding carboxylic acids is 1.